The molecule has 0 unspecified atom stereocenters. The van der Waals surface area contributed by atoms with E-state index < -0.39 is 0 Å². The van der Waals surface area contributed by atoms with Crippen LogP contribution in [0.2, 0.25) is 0 Å². The highest BCUT2D eigenvalue weighted by Gasteiger charge is 2.42. The number of fused-ring (bicyclic) bond motifs is 1. The van der Waals surface area contributed by atoms with Crippen LogP contribution in [0.5, 0.6) is 11.5 Å². The number of amides is 1. The maximum absolute atomic E-state index is 12.2. The van der Waals surface area contributed by atoms with Gasteiger partial charge < -0.3 is 19.5 Å². The highest BCUT2D eigenvalue weighted by molar-refractivity contribution is 5.76. The van der Waals surface area contributed by atoms with Crippen LogP contribution >= 0.6 is 0 Å². The molecular formula is C18H23NO4. The number of nitrogens with one attached hydrogen (secondary N) is 1. The van der Waals surface area contributed by atoms with E-state index in [4.69, 9.17) is 14.2 Å². The Bertz CT molecular complexity index is 595. The van der Waals surface area contributed by atoms with Gasteiger partial charge in [0.2, 0.25) is 12.7 Å². The van der Waals surface area contributed by atoms with Gasteiger partial charge in [0.05, 0.1) is 18.2 Å². The first-order chi connectivity index (χ1) is 11.2. The van der Waals surface area contributed by atoms with E-state index in [1.54, 1.807) is 0 Å². The molecule has 2 fully saturated rings. The summed E-state index contributed by atoms with van der Waals surface area (Å²) in [6, 6.07) is 6.04. The van der Waals surface area contributed by atoms with E-state index in [-0.39, 0.29) is 24.3 Å². The van der Waals surface area contributed by atoms with Gasteiger partial charge in [-0.2, -0.15) is 0 Å². The van der Waals surface area contributed by atoms with Crippen LogP contribution in [0.3, 0.4) is 0 Å². The van der Waals surface area contributed by atoms with E-state index >= 15 is 0 Å². The Kier molecular flexibility index (Phi) is 3.89. The van der Waals surface area contributed by atoms with Crippen LogP contribution in [0.1, 0.15) is 44.1 Å². The Hall–Kier alpha value is -1.75. The second kappa shape index (κ2) is 6.04. The van der Waals surface area contributed by atoms with Crippen molar-refractivity contribution in [1.82, 2.24) is 5.32 Å². The lowest BCUT2D eigenvalue weighted by atomic mass is 9.96. The molecule has 5 heteroatoms. The summed E-state index contributed by atoms with van der Waals surface area (Å²) in [6.07, 6.45) is 6.98. The minimum atomic E-state index is 0.0648. The lowest BCUT2D eigenvalue weighted by Crippen LogP contribution is -2.36. The molecule has 1 saturated carbocycles. The summed E-state index contributed by atoms with van der Waals surface area (Å²) < 4.78 is 16.6. The molecule has 1 aliphatic carbocycles. The van der Waals surface area contributed by atoms with Gasteiger partial charge in [-0.05, 0) is 43.4 Å². The first-order valence-electron chi connectivity index (χ1n) is 8.54. The molecular weight excluding hydrogens is 294 g/mol. The number of ether oxygens (including phenoxy) is 3. The van der Waals surface area contributed by atoms with Crippen molar-refractivity contribution in [3.8, 4) is 11.5 Å². The topological polar surface area (TPSA) is 56.8 Å². The fraction of sp³-hybridized carbons (Fsp3) is 0.611. The van der Waals surface area contributed by atoms with Crippen LogP contribution in [0.4, 0.5) is 0 Å². The summed E-state index contributed by atoms with van der Waals surface area (Å²) in [5.74, 6) is 1.66. The summed E-state index contributed by atoms with van der Waals surface area (Å²) in [5.41, 5.74) is 1.16. The molecule has 0 bridgehead atoms. The molecule has 0 radical (unpaired) electrons. The maximum Gasteiger partial charge on any atom is 0.231 e. The van der Waals surface area contributed by atoms with Crippen LogP contribution in [-0.2, 0) is 16.0 Å². The fourth-order valence-electron chi connectivity index (χ4n) is 3.96. The number of carbonyl (C=O) groups excluding carboxylic acids is 1. The molecule has 5 nitrogen and oxygen atoms in total. The third-order valence-corrected chi connectivity index (χ3v) is 5.17. The first-order valence-corrected chi connectivity index (χ1v) is 8.54. The summed E-state index contributed by atoms with van der Waals surface area (Å²) in [5, 5.41) is 3.13. The standard InChI is InChI=1S/C18H23NO4/c20-17(19-14-10-18(23-11-14)7-1-2-8-18)6-4-13-3-5-15-16(9-13)22-12-21-15/h3,5,9,14H,1-2,4,6-8,10-12H2,(H,19,20)/t14-/m0/s1. The molecule has 23 heavy (non-hydrogen) atoms. The van der Waals surface area contributed by atoms with Crippen molar-refractivity contribution >= 4 is 5.91 Å². The van der Waals surface area contributed by atoms with Crippen molar-refractivity contribution in [1.29, 1.82) is 0 Å². The Labute approximate surface area is 136 Å². The van der Waals surface area contributed by atoms with Gasteiger partial charge in [0.25, 0.3) is 0 Å². The normalized spacial score (nSPS) is 24.3. The number of hydrogen-bond acceptors (Lipinski definition) is 4. The van der Waals surface area contributed by atoms with Crippen molar-refractivity contribution in [2.24, 2.45) is 0 Å². The smallest absolute Gasteiger partial charge is 0.231 e. The van der Waals surface area contributed by atoms with Crippen LogP contribution < -0.4 is 14.8 Å². The van der Waals surface area contributed by atoms with E-state index in [2.05, 4.69) is 5.32 Å². The summed E-state index contributed by atoms with van der Waals surface area (Å²) >= 11 is 0. The molecule has 3 aliphatic rings. The molecule has 1 N–H and O–H groups in total. The molecule has 2 heterocycles. The zero-order valence-electron chi connectivity index (χ0n) is 13.3. The van der Waals surface area contributed by atoms with E-state index in [9.17, 15) is 4.79 Å². The van der Waals surface area contributed by atoms with Crippen molar-refractivity contribution in [3.63, 3.8) is 0 Å². The molecule has 124 valence electrons. The van der Waals surface area contributed by atoms with Gasteiger partial charge >= 0.3 is 0 Å². The zero-order chi connectivity index (χ0) is 15.7. The van der Waals surface area contributed by atoms with Crippen molar-refractivity contribution in [2.45, 2.75) is 56.6 Å². The predicted molar refractivity (Wildman–Crippen MR) is 84.6 cm³/mol. The average molecular weight is 317 g/mol. The van der Waals surface area contributed by atoms with Gasteiger partial charge in [-0.1, -0.05) is 18.9 Å². The molecule has 1 atom stereocenters. The maximum atomic E-state index is 12.2. The van der Waals surface area contributed by atoms with Crippen molar-refractivity contribution in [3.05, 3.63) is 23.8 Å². The Balaban J connectivity index is 1.26. The third kappa shape index (κ3) is 3.15. The molecule has 1 aromatic carbocycles. The lowest BCUT2D eigenvalue weighted by Gasteiger charge is -2.21. The zero-order valence-corrected chi connectivity index (χ0v) is 13.3. The lowest BCUT2D eigenvalue weighted by molar-refractivity contribution is -0.121. The highest BCUT2D eigenvalue weighted by atomic mass is 16.7. The molecule has 1 spiro atoms. The van der Waals surface area contributed by atoms with E-state index in [0.29, 0.717) is 19.4 Å². The number of aryl methyl sites for hydroxylation is 1. The molecule has 4 rings (SSSR count). The third-order valence-electron chi connectivity index (χ3n) is 5.17. The van der Waals surface area contributed by atoms with Crippen molar-refractivity contribution < 1.29 is 19.0 Å². The second-order valence-electron chi connectivity index (χ2n) is 6.86. The fourth-order valence-corrected chi connectivity index (χ4v) is 3.96. The van der Waals surface area contributed by atoms with Crippen molar-refractivity contribution in [2.75, 3.05) is 13.4 Å². The van der Waals surface area contributed by atoms with Gasteiger partial charge in [-0.15, -0.1) is 0 Å². The largest absolute Gasteiger partial charge is 0.454 e. The molecule has 1 saturated heterocycles. The number of hydrogen-bond donors (Lipinski definition) is 1. The minimum Gasteiger partial charge on any atom is -0.454 e. The van der Waals surface area contributed by atoms with Crippen LogP contribution in [-0.4, -0.2) is 30.9 Å². The Morgan fingerprint density at radius 1 is 1.22 bits per heavy atom. The summed E-state index contributed by atoms with van der Waals surface area (Å²) in [7, 11) is 0. The van der Waals surface area contributed by atoms with Gasteiger partial charge in [-0.3, -0.25) is 4.79 Å². The van der Waals surface area contributed by atoms with Crippen LogP contribution in [0.15, 0.2) is 18.2 Å². The molecule has 2 aliphatic heterocycles. The summed E-state index contributed by atoms with van der Waals surface area (Å²) in [4.78, 5) is 12.2. The average Bonchev–Trinajstić information content (AvgIpc) is 3.28. The van der Waals surface area contributed by atoms with Crippen LogP contribution in [0.25, 0.3) is 0 Å². The SMILES string of the molecule is O=C(CCc1ccc2c(c1)OCO2)N[C@@H]1COC2(CCCC2)C1. The molecule has 1 amide bonds. The minimum absolute atomic E-state index is 0.0648. The number of benzene rings is 1. The van der Waals surface area contributed by atoms with Gasteiger partial charge in [0.1, 0.15) is 0 Å². The van der Waals surface area contributed by atoms with E-state index in [0.717, 1.165) is 36.3 Å². The Morgan fingerprint density at radius 2 is 2.04 bits per heavy atom. The number of rotatable bonds is 4. The second-order valence-corrected chi connectivity index (χ2v) is 6.86. The monoisotopic (exact) mass is 317 g/mol. The Morgan fingerprint density at radius 3 is 2.91 bits per heavy atom. The van der Waals surface area contributed by atoms with E-state index in [1.807, 2.05) is 18.2 Å². The first kappa shape index (κ1) is 14.8. The molecule has 1 aromatic rings. The van der Waals surface area contributed by atoms with Gasteiger partial charge in [0, 0.05) is 6.42 Å². The van der Waals surface area contributed by atoms with Gasteiger partial charge in [-0.25, -0.2) is 0 Å². The van der Waals surface area contributed by atoms with Gasteiger partial charge in [0.15, 0.2) is 11.5 Å². The highest BCUT2D eigenvalue weighted by Crippen LogP contribution is 2.40. The van der Waals surface area contributed by atoms with E-state index in [1.165, 1.54) is 12.8 Å². The molecule has 0 aromatic heterocycles. The quantitative estimate of drug-likeness (QED) is 0.927. The number of carbonyl (C=O) groups is 1. The van der Waals surface area contributed by atoms with Crippen LogP contribution in [0, 0.1) is 0 Å². The summed E-state index contributed by atoms with van der Waals surface area (Å²) in [6.45, 7) is 0.943. The predicted octanol–water partition coefficient (Wildman–Crippen LogP) is 2.57.